The third kappa shape index (κ3) is 5.21. The zero-order chi connectivity index (χ0) is 43.6. The van der Waals surface area contributed by atoms with Crippen molar-refractivity contribution in [3.05, 3.63) is 217 Å². The minimum atomic E-state index is 0.875. The lowest BCUT2D eigenvalue weighted by molar-refractivity contribution is 0.668. The lowest BCUT2D eigenvalue weighted by Gasteiger charge is -2.30. The Hall–Kier alpha value is -8.60. The first-order valence-electron chi connectivity index (χ1n) is 22.7. The van der Waals surface area contributed by atoms with Crippen molar-refractivity contribution in [2.75, 3.05) is 9.80 Å². The maximum atomic E-state index is 6.97. The summed E-state index contributed by atoms with van der Waals surface area (Å²) in [5.74, 6) is 0. The average molecular weight is 845 g/mol. The Bertz CT molecular complexity index is 3980. The number of para-hydroxylation sites is 2. The molecule has 4 heteroatoms. The van der Waals surface area contributed by atoms with Crippen LogP contribution in [0.5, 0.6) is 0 Å². The fourth-order valence-electron chi connectivity index (χ4n) is 11.0. The fourth-order valence-corrected chi connectivity index (χ4v) is 11.0. The van der Waals surface area contributed by atoms with Crippen LogP contribution in [0.1, 0.15) is 11.1 Å². The van der Waals surface area contributed by atoms with Gasteiger partial charge in [0, 0.05) is 43.7 Å². The zero-order valence-electron chi connectivity index (χ0n) is 36.3. The van der Waals surface area contributed by atoms with Gasteiger partial charge in [0.15, 0.2) is 11.2 Å². The molecule has 0 amide bonds. The number of benzene rings is 12. The molecule has 14 aromatic rings. The van der Waals surface area contributed by atoms with E-state index in [-0.39, 0.29) is 0 Å². The van der Waals surface area contributed by atoms with Crippen molar-refractivity contribution < 1.29 is 8.83 Å². The number of hydrogen-bond donors (Lipinski definition) is 0. The van der Waals surface area contributed by atoms with E-state index < -0.39 is 0 Å². The van der Waals surface area contributed by atoms with Gasteiger partial charge in [0.05, 0.1) is 22.7 Å². The first-order valence-corrected chi connectivity index (χ1v) is 22.7. The minimum absolute atomic E-state index is 0.875. The molecule has 0 spiro atoms. The molecule has 0 saturated carbocycles. The Balaban J connectivity index is 1.04. The van der Waals surface area contributed by atoms with Gasteiger partial charge >= 0.3 is 0 Å². The molecule has 0 unspecified atom stereocenters. The van der Waals surface area contributed by atoms with E-state index in [1.807, 2.05) is 0 Å². The van der Waals surface area contributed by atoms with Crippen LogP contribution in [0.4, 0.5) is 34.1 Å². The van der Waals surface area contributed by atoms with E-state index in [0.717, 1.165) is 89.1 Å². The molecule has 0 aliphatic carbocycles. The smallest absolute Gasteiger partial charge is 0.159 e. The van der Waals surface area contributed by atoms with Crippen LogP contribution in [0.15, 0.2) is 215 Å². The number of nitrogens with zero attached hydrogens (tertiary/aromatic N) is 2. The Morgan fingerprint density at radius 3 is 1.12 bits per heavy atom. The van der Waals surface area contributed by atoms with Gasteiger partial charge in [-0.05, 0) is 117 Å². The zero-order valence-corrected chi connectivity index (χ0v) is 36.3. The molecule has 0 saturated heterocycles. The van der Waals surface area contributed by atoms with E-state index in [1.54, 1.807) is 0 Å². The fraction of sp³-hybridized carbons (Fsp3) is 0.0323. The summed E-state index contributed by atoms with van der Waals surface area (Å²) in [5.41, 5.74) is 12.1. The van der Waals surface area contributed by atoms with Crippen LogP contribution in [0.25, 0.3) is 97.7 Å². The Labute approximate surface area is 380 Å². The lowest BCUT2D eigenvalue weighted by atomic mass is 9.91. The van der Waals surface area contributed by atoms with Gasteiger partial charge in [0.25, 0.3) is 0 Å². The average Bonchev–Trinajstić information content (AvgIpc) is 3.95. The number of hydrogen-bond acceptors (Lipinski definition) is 4. The summed E-state index contributed by atoms with van der Waals surface area (Å²) >= 11 is 0. The lowest BCUT2D eigenvalue weighted by Crippen LogP contribution is -2.13. The van der Waals surface area contributed by atoms with Crippen LogP contribution in [0.3, 0.4) is 0 Å². The molecule has 0 bridgehead atoms. The molecule has 12 aromatic carbocycles. The normalized spacial score (nSPS) is 12.1. The molecule has 0 aliphatic heterocycles. The van der Waals surface area contributed by atoms with E-state index in [1.165, 1.54) is 53.9 Å². The third-order valence-corrected chi connectivity index (χ3v) is 14.0. The molecule has 14 rings (SSSR count). The summed E-state index contributed by atoms with van der Waals surface area (Å²) in [6.07, 6.45) is 0. The van der Waals surface area contributed by atoms with Gasteiger partial charge in [-0.2, -0.15) is 0 Å². The van der Waals surface area contributed by atoms with Crippen LogP contribution in [-0.2, 0) is 0 Å². The quantitative estimate of drug-likeness (QED) is 0.156. The molecule has 0 aliphatic rings. The first kappa shape index (κ1) is 36.8. The summed E-state index contributed by atoms with van der Waals surface area (Å²) in [7, 11) is 0. The van der Waals surface area contributed by atoms with Crippen molar-refractivity contribution in [2.45, 2.75) is 13.8 Å². The Kier molecular flexibility index (Phi) is 7.79. The summed E-state index contributed by atoms with van der Waals surface area (Å²) < 4.78 is 13.9. The summed E-state index contributed by atoms with van der Waals surface area (Å²) in [6, 6.07) is 74.6. The molecule has 310 valence electrons. The second-order valence-corrected chi connectivity index (χ2v) is 17.7. The third-order valence-electron chi connectivity index (χ3n) is 14.0. The molecular formula is C62H40N2O2. The molecule has 4 nitrogen and oxygen atoms in total. The highest BCUT2D eigenvalue weighted by Gasteiger charge is 2.27. The van der Waals surface area contributed by atoms with Crippen molar-refractivity contribution >= 4 is 132 Å². The molecule has 0 fully saturated rings. The Morgan fingerprint density at radius 1 is 0.288 bits per heavy atom. The highest BCUT2D eigenvalue weighted by Crippen LogP contribution is 2.52. The van der Waals surface area contributed by atoms with Gasteiger partial charge < -0.3 is 18.6 Å². The number of anilines is 6. The van der Waals surface area contributed by atoms with Gasteiger partial charge in [-0.3, -0.25) is 0 Å². The van der Waals surface area contributed by atoms with Gasteiger partial charge in [-0.1, -0.05) is 158 Å². The molecule has 66 heavy (non-hydrogen) atoms. The largest absolute Gasteiger partial charge is 0.454 e. The van der Waals surface area contributed by atoms with E-state index in [4.69, 9.17) is 8.83 Å². The van der Waals surface area contributed by atoms with Crippen LogP contribution in [0, 0.1) is 13.8 Å². The van der Waals surface area contributed by atoms with Gasteiger partial charge in [-0.25, -0.2) is 0 Å². The van der Waals surface area contributed by atoms with Crippen molar-refractivity contribution in [1.29, 1.82) is 0 Å². The molecule has 2 aromatic heterocycles. The molecular weight excluding hydrogens is 805 g/mol. The van der Waals surface area contributed by atoms with E-state index >= 15 is 0 Å². The number of rotatable bonds is 6. The SMILES string of the molecule is Cc1ccc2c(oc3ccc4ccccc4c32)c1N(c1ccccc1)c1ccc2ccc3c(N(c4ccccc4)c4c(C)ccc5c4oc4ccc6ccccc6c45)ccc4ccc1c2c43. The van der Waals surface area contributed by atoms with Crippen molar-refractivity contribution in [1.82, 2.24) is 0 Å². The molecule has 0 atom stereocenters. The van der Waals surface area contributed by atoms with Crippen molar-refractivity contribution in [3.63, 3.8) is 0 Å². The maximum absolute atomic E-state index is 6.97. The highest BCUT2D eigenvalue weighted by atomic mass is 16.3. The van der Waals surface area contributed by atoms with Gasteiger partial charge in [-0.15, -0.1) is 0 Å². The van der Waals surface area contributed by atoms with Crippen LogP contribution in [0.2, 0.25) is 0 Å². The first-order chi connectivity index (χ1) is 32.6. The monoisotopic (exact) mass is 844 g/mol. The standard InChI is InChI=1S/C62H40N2O2/c1-37-21-29-49-57-45-19-11-9-13-39(45)27-35-53(57)65-61(49)59(37)63(43-15-5-3-6-16-43)51-33-25-41-24-32-48-52(34-26-42-23-31-47(51)55(41)56(42)48)64(44-17-7-4-8-18-44)60-38(2)22-30-50-58-46-20-12-10-14-40(46)28-36-54(58)66-62(50)60/h3-36H,1-2H3. The summed E-state index contributed by atoms with van der Waals surface area (Å²) in [4.78, 5) is 4.83. The van der Waals surface area contributed by atoms with Crippen LogP contribution >= 0.6 is 0 Å². The number of aryl methyl sites for hydroxylation is 2. The number of fused-ring (bicyclic) bond motifs is 10. The molecule has 0 radical (unpaired) electrons. The van der Waals surface area contributed by atoms with Crippen molar-refractivity contribution in [2.24, 2.45) is 0 Å². The maximum Gasteiger partial charge on any atom is 0.159 e. The van der Waals surface area contributed by atoms with Crippen LogP contribution < -0.4 is 9.80 Å². The predicted molar refractivity (Wildman–Crippen MR) is 279 cm³/mol. The van der Waals surface area contributed by atoms with E-state index in [2.05, 4.69) is 230 Å². The summed E-state index contributed by atoms with van der Waals surface area (Å²) in [6.45, 7) is 4.40. The van der Waals surface area contributed by atoms with Gasteiger partial charge in [0.1, 0.15) is 11.2 Å². The second kappa shape index (κ2) is 13.9. The predicted octanol–water partition coefficient (Wildman–Crippen LogP) is 18.2. The van der Waals surface area contributed by atoms with E-state index in [9.17, 15) is 0 Å². The molecule has 2 heterocycles. The molecule has 0 N–H and O–H groups in total. The van der Waals surface area contributed by atoms with Crippen LogP contribution in [-0.4, -0.2) is 0 Å². The van der Waals surface area contributed by atoms with E-state index in [0.29, 0.717) is 0 Å². The second-order valence-electron chi connectivity index (χ2n) is 17.7. The highest BCUT2D eigenvalue weighted by molar-refractivity contribution is 6.29. The Morgan fingerprint density at radius 2 is 0.667 bits per heavy atom. The van der Waals surface area contributed by atoms with Gasteiger partial charge in [0.2, 0.25) is 0 Å². The summed E-state index contributed by atoms with van der Waals surface area (Å²) in [5, 5.41) is 16.4. The topological polar surface area (TPSA) is 32.8 Å². The number of furan rings is 2. The van der Waals surface area contributed by atoms with Crippen molar-refractivity contribution in [3.8, 4) is 0 Å². The minimum Gasteiger partial charge on any atom is -0.454 e.